The zero-order chi connectivity index (χ0) is 14.5. The fourth-order valence-electron chi connectivity index (χ4n) is 2.59. The van der Waals surface area contributed by atoms with Crippen LogP contribution in [0.3, 0.4) is 0 Å². The van der Waals surface area contributed by atoms with Crippen LogP contribution in [-0.2, 0) is 6.42 Å². The number of benzene rings is 2. The molecule has 0 amide bonds. The minimum Gasteiger partial charge on any atom is -0.493 e. The molecule has 0 aliphatic rings. The normalized spacial score (nSPS) is 10.6. The average Bonchev–Trinajstić information content (AvgIpc) is 2.36. The molecule has 0 spiro atoms. The van der Waals surface area contributed by atoms with E-state index >= 15 is 0 Å². The van der Waals surface area contributed by atoms with E-state index in [1.807, 2.05) is 18.2 Å². The van der Waals surface area contributed by atoms with Gasteiger partial charge in [0.05, 0.1) is 6.61 Å². The van der Waals surface area contributed by atoms with Gasteiger partial charge in [0.15, 0.2) is 0 Å². The Kier molecular flexibility index (Phi) is 4.67. The molecule has 0 fully saturated rings. The zero-order valence-corrected chi connectivity index (χ0v) is 12.6. The van der Waals surface area contributed by atoms with Crippen LogP contribution < -0.4 is 10.5 Å². The van der Waals surface area contributed by atoms with Gasteiger partial charge in [-0.25, -0.2) is 0 Å². The van der Waals surface area contributed by atoms with Crippen LogP contribution in [0.15, 0.2) is 36.4 Å². The van der Waals surface area contributed by atoms with E-state index in [0.29, 0.717) is 0 Å². The summed E-state index contributed by atoms with van der Waals surface area (Å²) in [6.45, 7) is 7.06. The fraction of sp³-hybridized carbons (Fsp3) is 0.333. The van der Waals surface area contributed by atoms with Crippen LogP contribution in [0.2, 0.25) is 0 Å². The predicted octanol–water partition coefficient (Wildman–Crippen LogP) is 4.21. The summed E-state index contributed by atoms with van der Waals surface area (Å²) in [5, 5.41) is 0. The second-order valence-corrected chi connectivity index (χ2v) is 5.42. The molecule has 0 radical (unpaired) electrons. The maximum atomic E-state index is 5.94. The first kappa shape index (κ1) is 14.4. The summed E-state index contributed by atoms with van der Waals surface area (Å²) in [7, 11) is 0. The fourth-order valence-corrected chi connectivity index (χ4v) is 2.59. The van der Waals surface area contributed by atoms with Crippen LogP contribution in [-0.4, -0.2) is 6.61 Å². The van der Waals surface area contributed by atoms with Gasteiger partial charge in [0, 0.05) is 5.69 Å². The highest BCUT2D eigenvalue weighted by Gasteiger charge is 2.04. The van der Waals surface area contributed by atoms with E-state index in [0.717, 1.165) is 30.9 Å². The van der Waals surface area contributed by atoms with Crippen molar-refractivity contribution in [3.8, 4) is 5.75 Å². The number of ether oxygens (including phenoxy) is 1. The van der Waals surface area contributed by atoms with Crippen molar-refractivity contribution in [2.45, 2.75) is 33.6 Å². The number of anilines is 1. The van der Waals surface area contributed by atoms with Crippen LogP contribution in [0.25, 0.3) is 0 Å². The molecule has 2 aromatic carbocycles. The number of nitrogen functional groups attached to an aromatic ring is 1. The Labute approximate surface area is 121 Å². The molecule has 2 rings (SSSR count). The Morgan fingerprint density at radius 2 is 1.70 bits per heavy atom. The first-order valence-electron chi connectivity index (χ1n) is 7.11. The molecule has 2 heteroatoms. The summed E-state index contributed by atoms with van der Waals surface area (Å²) in [6, 6.07) is 12.4. The predicted molar refractivity (Wildman–Crippen MR) is 85.3 cm³/mol. The van der Waals surface area contributed by atoms with E-state index in [-0.39, 0.29) is 0 Å². The van der Waals surface area contributed by atoms with Gasteiger partial charge in [-0.15, -0.1) is 0 Å². The number of hydrogen-bond acceptors (Lipinski definition) is 2. The Morgan fingerprint density at radius 3 is 2.35 bits per heavy atom. The summed E-state index contributed by atoms with van der Waals surface area (Å²) in [5.74, 6) is 1.03. The van der Waals surface area contributed by atoms with E-state index in [2.05, 4.69) is 39.0 Å². The Balaban J connectivity index is 1.88. The van der Waals surface area contributed by atoms with Crippen LogP contribution in [0.5, 0.6) is 5.75 Å². The molecule has 0 aliphatic carbocycles. The topological polar surface area (TPSA) is 35.2 Å². The first-order chi connectivity index (χ1) is 9.56. The summed E-state index contributed by atoms with van der Waals surface area (Å²) in [5.41, 5.74) is 11.6. The van der Waals surface area contributed by atoms with Crippen molar-refractivity contribution in [2.75, 3.05) is 12.3 Å². The summed E-state index contributed by atoms with van der Waals surface area (Å²) < 4.78 is 5.94. The number of nitrogens with two attached hydrogens (primary N) is 1. The summed E-state index contributed by atoms with van der Waals surface area (Å²) in [6.07, 6.45) is 1.99. The standard InChI is InChI=1S/C18H23NO/c1-13-10-14(2)18(15(3)11-13)20-9-5-7-16-6-4-8-17(19)12-16/h4,6,8,10-12H,5,7,9,19H2,1-3H3. The molecule has 0 atom stereocenters. The van der Waals surface area contributed by atoms with Crippen LogP contribution >= 0.6 is 0 Å². The van der Waals surface area contributed by atoms with E-state index in [4.69, 9.17) is 10.5 Å². The van der Waals surface area contributed by atoms with Gasteiger partial charge in [-0.1, -0.05) is 29.8 Å². The molecule has 106 valence electrons. The summed E-state index contributed by atoms with van der Waals surface area (Å²) >= 11 is 0. The van der Waals surface area contributed by atoms with E-state index in [1.54, 1.807) is 0 Å². The highest BCUT2D eigenvalue weighted by molar-refractivity contribution is 5.43. The van der Waals surface area contributed by atoms with Crippen LogP contribution in [0, 0.1) is 20.8 Å². The van der Waals surface area contributed by atoms with Gasteiger partial charge in [0.1, 0.15) is 5.75 Å². The maximum Gasteiger partial charge on any atom is 0.125 e. The quantitative estimate of drug-likeness (QED) is 0.652. The lowest BCUT2D eigenvalue weighted by Crippen LogP contribution is -2.02. The van der Waals surface area contributed by atoms with Crippen molar-refractivity contribution in [3.05, 3.63) is 58.7 Å². The van der Waals surface area contributed by atoms with Gasteiger partial charge in [-0.2, -0.15) is 0 Å². The van der Waals surface area contributed by atoms with Crippen molar-refractivity contribution in [2.24, 2.45) is 0 Å². The highest BCUT2D eigenvalue weighted by atomic mass is 16.5. The van der Waals surface area contributed by atoms with E-state index in [1.165, 1.54) is 22.3 Å². The van der Waals surface area contributed by atoms with Gasteiger partial charge in [-0.3, -0.25) is 0 Å². The van der Waals surface area contributed by atoms with Crippen molar-refractivity contribution in [1.29, 1.82) is 0 Å². The van der Waals surface area contributed by atoms with Gasteiger partial charge in [0.2, 0.25) is 0 Å². The Hall–Kier alpha value is -1.96. The maximum absolute atomic E-state index is 5.94. The third-order valence-corrected chi connectivity index (χ3v) is 3.41. The molecular formula is C18H23NO. The molecule has 2 nitrogen and oxygen atoms in total. The van der Waals surface area contributed by atoms with Crippen molar-refractivity contribution >= 4 is 5.69 Å². The first-order valence-corrected chi connectivity index (χ1v) is 7.11. The lowest BCUT2D eigenvalue weighted by molar-refractivity contribution is 0.307. The largest absolute Gasteiger partial charge is 0.493 e. The smallest absolute Gasteiger partial charge is 0.125 e. The molecule has 0 saturated carbocycles. The van der Waals surface area contributed by atoms with Gasteiger partial charge >= 0.3 is 0 Å². The Morgan fingerprint density at radius 1 is 1.00 bits per heavy atom. The van der Waals surface area contributed by atoms with Crippen molar-refractivity contribution in [3.63, 3.8) is 0 Å². The van der Waals surface area contributed by atoms with E-state index in [9.17, 15) is 0 Å². The SMILES string of the molecule is Cc1cc(C)c(OCCCc2cccc(N)c2)c(C)c1. The second-order valence-electron chi connectivity index (χ2n) is 5.42. The van der Waals surface area contributed by atoms with Crippen molar-refractivity contribution < 1.29 is 4.74 Å². The molecule has 0 aromatic heterocycles. The van der Waals surface area contributed by atoms with Gasteiger partial charge in [-0.05, 0) is 62.4 Å². The van der Waals surface area contributed by atoms with Crippen LogP contribution in [0.1, 0.15) is 28.7 Å². The molecule has 2 aromatic rings. The monoisotopic (exact) mass is 269 g/mol. The molecule has 0 heterocycles. The Bertz CT molecular complexity index is 567. The number of rotatable bonds is 5. The lowest BCUT2D eigenvalue weighted by Gasteiger charge is -2.13. The second kappa shape index (κ2) is 6.47. The molecule has 2 N–H and O–H groups in total. The zero-order valence-electron chi connectivity index (χ0n) is 12.6. The van der Waals surface area contributed by atoms with Gasteiger partial charge < -0.3 is 10.5 Å². The molecule has 20 heavy (non-hydrogen) atoms. The third-order valence-electron chi connectivity index (χ3n) is 3.41. The average molecular weight is 269 g/mol. The van der Waals surface area contributed by atoms with Gasteiger partial charge in [0.25, 0.3) is 0 Å². The lowest BCUT2D eigenvalue weighted by atomic mass is 10.1. The third kappa shape index (κ3) is 3.77. The summed E-state index contributed by atoms with van der Waals surface area (Å²) in [4.78, 5) is 0. The van der Waals surface area contributed by atoms with Crippen LogP contribution in [0.4, 0.5) is 5.69 Å². The minimum absolute atomic E-state index is 0.736. The molecular weight excluding hydrogens is 246 g/mol. The van der Waals surface area contributed by atoms with Crippen molar-refractivity contribution in [1.82, 2.24) is 0 Å². The number of hydrogen-bond donors (Lipinski definition) is 1. The number of aryl methyl sites for hydroxylation is 4. The molecule has 0 unspecified atom stereocenters. The molecule has 0 aliphatic heterocycles. The van der Waals surface area contributed by atoms with E-state index < -0.39 is 0 Å². The molecule has 0 bridgehead atoms. The molecule has 0 saturated heterocycles. The minimum atomic E-state index is 0.736. The highest BCUT2D eigenvalue weighted by Crippen LogP contribution is 2.24.